The smallest absolute Gasteiger partial charge is 0.126 e. The molecule has 0 bridgehead atoms. The van der Waals surface area contributed by atoms with E-state index in [1.165, 1.54) is 44.2 Å². The van der Waals surface area contributed by atoms with E-state index in [0.717, 1.165) is 18.9 Å². The summed E-state index contributed by atoms with van der Waals surface area (Å²) in [6.07, 6.45) is 7.79. The molecule has 1 saturated carbocycles. The van der Waals surface area contributed by atoms with Gasteiger partial charge in [0.25, 0.3) is 0 Å². The molecule has 1 aromatic heterocycles. The summed E-state index contributed by atoms with van der Waals surface area (Å²) in [5.74, 6) is 1.73. The van der Waals surface area contributed by atoms with E-state index in [-0.39, 0.29) is 0 Å². The van der Waals surface area contributed by atoms with Gasteiger partial charge in [-0.1, -0.05) is 18.9 Å². The predicted molar refractivity (Wildman–Crippen MR) is 75.0 cm³/mol. The van der Waals surface area contributed by atoms with Crippen LogP contribution < -0.4 is 10.6 Å². The summed E-state index contributed by atoms with van der Waals surface area (Å²) in [7, 11) is 0. The molecule has 1 aliphatic carbocycles. The van der Waals surface area contributed by atoms with E-state index in [1.54, 1.807) is 0 Å². The van der Waals surface area contributed by atoms with E-state index in [2.05, 4.69) is 28.8 Å². The highest BCUT2D eigenvalue weighted by molar-refractivity contribution is 5.37. The lowest BCUT2D eigenvalue weighted by Gasteiger charge is -2.23. The Morgan fingerprint density at radius 1 is 1.06 bits per heavy atom. The van der Waals surface area contributed by atoms with Crippen molar-refractivity contribution < 1.29 is 0 Å². The van der Waals surface area contributed by atoms with Gasteiger partial charge in [0.2, 0.25) is 0 Å². The molecule has 0 spiro atoms. The number of anilines is 1. The Morgan fingerprint density at radius 2 is 1.83 bits per heavy atom. The molecular weight excluding hydrogens is 222 g/mol. The monoisotopic (exact) mass is 245 g/mol. The molecule has 2 N–H and O–H groups in total. The highest BCUT2D eigenvalue weighted by Crippen LogP contribution is 2.26. The van der Waals surface area contributed by atoms with Crippen molar-refractivity contribution in [1.82, 2.24) is 10.3 Å². The first-order valence-corrected chi connectivity index (χ1v) is 7.36. The van der Waals surface area contributed by atoms with Crippen LogP contribution in [-0.4, -0.2) is 24.1 Å². The highest BCUT2D eigenvalue weighted by atomic mass is 15.0. The first-order chi connectivity index (χ1) is 8.92. The van der Waals surface area contributed by atoms with E-state index in [9.17, 15) is 0 Å². The van der Waals surface area contributed by atoms with Crippen LogP contribution in [-0.2, 0) is 0 Å². The third-order valence-electron chi connectivity index (χ3n) is 4.24. The summed E-state index contributed by atoms with van der Waals surface area (Å²) in [5.41, 5.74) is 1.28. The summed E-state index contributed by atoms with van der Waals surface area (Å²) < 4.78 is 0. The summed E-state index contributed by atoms with van der Waals surface area (Å²) >= 11 is 0. The fraction of sp³-hybridized carbons (Fsp3) is 0.667. The maximum Gasteiger partial charge on any atom is 0.126 e. The standard InChI is InChI=1S/C15H23N3/c1-2-5-13(4-1)17-15-7-3-6-14(18-15)12-8-10-16-11-9-12/h3,6-7,12-13,16H,1-2,4-5,8-11H2,(H,17,18). The first kappa shape index (κ1) is 12.0. The molecule has 98 valence electrons. The van der Waals surface area contributed by atoms with Crippen LogP contribution in [0.3, 0.4) is 0 Å². The van der Waals surface area contributed by atoms with Crippen LogP contribution in [0.5, 0.6) is 0 Å². The number of hydrogen-bond donors (Lipinski definition) is 2. The van der Waals surface area contributed by atoms with Gasteiger partial charge in [0, 0.05) is 17.7 Å². The Kier molecular flexibility index (Phi) is 3.79. The van der Waals surface area contributed by atoms with Crippen molar-refractivity contribution in [3.63, 3.8) is 0 Å². The van der Waals surface area contributed by atoms with Crippen molar-refractivity contribution in [1.29, 1.82) is 0 Å². The summed E-state index contributed by atoms with van der Waals surface area (Å²) in [5, 5.41) is 7.01. The number of nitrogens with one attached hydrogen (secondary N) is 2. The molecule has 2 aliphatic rings. The summed E-state index contributed by atoms with van der Waals surface area (Å²) in [6.45, 7) is 2.26. The zero-order valence-corrected chi connectivity index (χ0v) is 11.0. The maximum absolute atomic E-state index is 4.82. The number of piperidine rings is 1. The van der Waals surface area contributed by atoms with Gasteiger partial charge in [-0.2, -0.15) is 0 Å². The van der Waals surface area contributed by atoms with E-state index in [4.69, 9.17) is 4.98 Å². The third kappa shape index (κ3) is 2.83. The Balaban J connectivity index is 1.67. The quantitative estimate of drug-likeness (QED) is 0.859. The van der Waals surface area contributed by atoms with Gasteiger partial charge in [-0.3, -0.25) is 0 Å². The van der Waals surface area contributed by atoms with E-state index in [1.807, 2.05) is 0 Å². The van der Waals surface area contributed by atoms with Crippen molar-refractivity contribution in [3.05, 3.63) is 23.9 Å². The summed E-state index contributed by atoms with van der Waals surface area (Å²) in [6, 6.07) is 7.11. The SMILES string of the molecule is c1cc(NC2CCCC2)nc(C2CCNCC2)c1. The Hall–Kier alpha value is -1.09. The van der Waals surface area contributed by atoms with Crippen LogP contribution in [0.2, 0.25) is 0 Å². The number of pyridine rings is 1. The van der Waals surface area contributed by atoms with Gasteiger partial charge in [0.05, 0.1) is 0 Å². The summed E-state index contributed by atoms with van der Waals surface area (Å²) in [4.78, 5) is 4.82. The minimum atomic E-state index is 0.650. The van der Waals surface area contributed by atoms with E-state index >= 15 is 0 Å². The van der Waals surface area contributed by atoms with Crippen molar-refractivity contribution in [2.45, 2.75) is 50.5 Å². The molecule has 0 radical (unpaired) electrons. The van der Waals surface area contributed by atoms with Gasteiger partial charge in [-0.15, -0.1) is 0 Å². The van der Waals surface area contributed by atoms with E-state index in [0.29, 0.717) is 12.0 Å². The van der Waals surface area contributed by atoms with Gasteiger partial charge in [0.1, 0.15) is 5.82 Å². The number of rotatable bonds is 3. The van der Waals surface area contributed by atoms with Gasteiger partial charge in [-0.05, 0) is 50.9 Å². The van der Waals surface area contributed by atoms with Gasteiger partial charge in [-0.25, -0.2) is 4.98 Å². The zero-order chi connectivity index (χ0) is 12.2. The third-order valence-corrected chi connectivity index (χ3v) is 4.24. The molecule has 0 unspecified atom stereocenters. The lowest BCUT2D eigenvalue weighted by Crippen LogP contribution is -2.27. The molecule has 18 heavy (non-hydrogen) atoms. The molecule has 3 heteroatoms. The van der Waals surface area contributed by atoms with Crippen LogP contribution in [0, 0.1) is 0 Å². The van der Waals surface area contributed by atoms with E-state index < -0.39 is 0 Å². The van der Waals surface area contributed by atoms with Crippen LogP contribution in [0.1, 0.15) is 50.1 Å². The van der Waals surface area contributed by atoms with Crippen molar-refractivity contribution in [3.8, 4) is 0 Å². The number of nitrogens with zero attached hydrogens (tertiary/aromatic N) is 1. The van der Waals surface area contributed by atoms with Gasteiger partial charge < -0.3 is 10.6 Å². The molecule has 2 fully saturated rings. The average Bonchev–Trinajstić information content (AvgIpc) is 2.93. The molecule has 1 saturated heterocycles. The Labute approximate surface area is 109 Å². The zero-order valence-electron chi connectivity index (χ0n) is 11.0. The van der Waals surface area contributed by atoms with Crippen molar-refractivity contribution >= 4 is 5.82 Å². The topological polar surface area (TPSA) is 37.0 Å². The molecule has 3 rings (SSSR count). The van der Waals surface area contributed by atoms with Crippen LogP contribution in [0.25, 0.3) is 0 Å². The normalized spacial score (nSPS) is 22.2. The average molecular weight is 245 g/mol. The Morgan fingerprint density at radius 3 is 2.61 bits per heavy atom. The molecule has 2 heterocycles. The second-order valence-corrected chi connectivity index (χ2v) is 5.60. The number of aromatic nitrogens is 1. The minimum absolute atomic E-state index is 0.650. The molecule has 0 atom stereocenters. The molecule has 1 aromatic rings. The second-order valence-electron chi connectivity index (χ2n) is 5.60. The van der Waals surface area contributed by atoms with Crippen LogP contribution in [0.15, 0.2) is 18.2 Å². The van der Waals surface area contributed by atoms with Crippen molar-refractivity contribution in [2.75, 3.05) is 18.4 Å². The predicted octanol–water partition coefficient (Wildman–Crippen LogP) is 2.90. The van der Waals surface area contributed by atoms with Gasteiger partial charge >= 0.3 is 0 Å². The molecule has 0 aromatic carbocycles. The van der Waals surface area contributed by atoms with Crippen LogP contribution in [0.4, 0.5) is 5.82 Å². The minimum Gasteiger partial charge on any atom is -0.367 e. The lowest BCUT2D eigenvalue weighted by molar-refractivity contribution is 0.453. The second kappa shape index (κ2) is 5.70. The fourth-order valence-electron chi connectivity index (χ4n) is 3.16. The molecular formula is C15H23N3. The maximum atomic E-state index is 4.82. The first-order valence-electron chi connectivity index (χ1n) is 7.36. The fourth-order valence-corrected chi connectivity index (χ4v) is 3.16. The molecule has 0 amide bonds. The number of hydrogen-bond acceptors (Lipinski definition) is 3. The lowest BCUT2D eigenvalue weighted by atomic mass is 9.94. The largest absolute Gasteiger partial charge is 0.367 e. The van der Waals surface area contributed by atoms with Crippen LogP contribution >= 0.6 is 0 Å². The molecule has 3 nitrogen and oxygen atoms in total. The molecule has 1 aliphatic heterocycles. The Bertz CT molecular complexity index is 379. The van der Waals surface area contributed by atoms with Crippen molar-refractivity contribution in [2.24, 2.45) is 0 Å². The van der Waals surface area contributed by atoms with Gasteiger partial charge in [0.15, 0.2) is 0 Å². The highest BCUT2D eigenvalue weighted by Gasteiger charge is 2.18.